The van der Waals surface area contributed by atoms with Crippen molar-refractivity contribution in [3.63, 3.8) is 0 Å². The number of nitrogens with zero attached hydrogens (tertiary/aromatic N) is 1. The van der Waals surface area contributed by atoms with Crippen molar-refractivity contribution < 1.29 is 0 Å². The summed E-state index contributed by atoms with van der Waals surface area (Å²) in [4.78, 5) is 2.47. The molecule has 1 aliphatic heterocycles. The van der Waals surface area contributed by atoms with Gasteiger partial charge in [-0.05, 0) is 48.8 Å². The lowest BCUT2D eigenvalue weighted by atomic mass is 10.0. The summed E-state index contributed by atoms with van der Waals surface area (Å²) in [7, 11) is 0. The lowest BCUT2D eigenvalue weighted by molar-refractivity contribution is 0.0709. The second-order valence-electron chi connectivity index (χ2n) is 4.79. The molecule has 0 aromatic heterocycles. The van der Waals surface area contributed by atoms with Crippen LogP contribution in [0.1, 0.15) is 39.0 Å². The molecular formula is C12H21ClIN3. The number of hydrogen-bond donors (Lipinski definition) is 2. The second-order valence-corrected chi connectivity index (χ2v) is 6.40. The Kier molecular flexibility index (Phi) is 5.54. The Morgan fingerprint density at radius 3 is 2.88 bits per heavy atom. The zero-order valence-corrected chi connectivity index (χ0v) is 13.1. The first-order valence-corrected chi connectivity index (χ1v) is 8.11. The van der Waals surface area contributed by atoms with E-state index >= 15 is 0 Å². The Hall–Kier alpha value is 0.640. The van der Waals surface area contributed by atoms with E-state index in [0.717, 1.165) is 0 Å². The highest BCUT2D eigenvalue weighted by Crippen LogP contribution is 2.24. The van der Waals surface area contributed by atoms with E-state index in [1.807, 2.05) is 0 Å². The summed E-state index contributed by atoms with van der Waals surface area (Å²) in [6.45, 7) is 2.19. The Morgan fingerprint density at radius 2 is 2.12 bits per heavy atom. The zero-order valence-electron chi connectivity index (χ0n) is 10.2. The quantitative estimate of drug-likeness (QED) is 0.322. The first kappa shape index (κ1) is 14.1. The predicted octanol–water partition coefficient (Wildman–Crippen LogP) is 2.96. The number of hydrogen-bond acceptors (Lipinski definition) is 3. The molecular weight excluding hydrogens is 349 g/mol. The third kappa shape index (κ3) is 3.80. The van der Waals surface area contributed by atoms with Crippen molar-refractivity contribution in [1.82, 2.24) is 15.5 Å². The van der Waals surface area contributed by atoms with Gasteiger partial charge in [0, 0.05) is 6.04 Å². The smallest absolute Gasteiger partial charge is 0.138 e. The van der Waals surface area contributed by atoms with Crippen LogP contribution in [-0.2, 0) is 0 Å². The zero-order chi connectivity index (χ0) is 12.3. The normalized spacial score (nSPS) is 40.9. The fourth-order valence-electron chi connectivity index (χ4n) is 2.59. The van der Waals surface area contributed by atoms with Crippen molar-refractivity contribution in [2.45, 2.75) is 61.0 Å². The summed E-state index contributed by atoms with van der Waals surface area (Å²) >= 11 is 8.53. The molecule has 1 saturated heterocycles. The van der Waals surface area contributed by atoms with E-state index in [1.165, 1.54) is 32.1 Å². The van der Waals surface area contributed by atoms with Crippen LogP contribution in [0.2, 0.25) is 0 Å². The molecule has 4 atom stereocenters. The largest absolute Gasteiger partial charge is 0.274 e. The molecule has 1 aliphatic carbocycles. The van der Waals surface area contributed by atoms with Gasteiger partial charge in [0.15, 0.2) is 0 Å². The summed E-state index contributed by atoms with van der Waals surface area (Å²) in [5.74, 6) is 0. The molecule has 0 aromatic carbocycles. The summed E-state index contributed by atoms with van der Waals surface area (Å²) in [5.41, 5.74) is -0.124. The highest BCUT2D eigenvalue weighted by molar-refractivity contribution is 14.1. The molecule has 17 heavy (non-hydrogen) atoms. The minimum Gasteiger partial charge on any atom is -0.274 e. The molecule has 4 unspecified atom stereocenters. The Bertz CT molecular complexity index is 262. The average Bonchev–Trinajstić information content (AvgIpc) is 2.19. The molecule has 0 spiro atoms. The topological polar surface area (TPSA) is 27.3 Å². The van der Waals surface area contributed by atoms with E-state index in [4.69, 9.17) is 11.6 Å². The van der Waals surface area contributed by atoms with E-state index in [9.17, 15) is 0 Å². The van der Waals surface area contributed by atoms with Crippen LogP contribution in [0.3, 0.4) is 0 Å². The third-order valence-corrected chi connectivity index (χ3v) is 4.75. The molecule has 1 fully saturated rings. The molecule has 0 aromatic rings. The van der Waals surface area contributed by atoms with Crippen LogP contribution in [0.5, 0.6) is 0 Å². The lowest BCUT2D eigenvalue weighted by Crippen LogP contribution is -2.66. The van der Waals surface area contributed by atoms with Crippen LogP contribution in [0.4, 0.5) is 0 Å². The molecule has 2 N–H and O–H groups in total. The average molecular weight is 370 g/mol. The maximum Gasteiger partial charge on any atom is 0.138 e. The molecule has 0 radical (unpaired) electrons. The van der Waals surface area contributed by atoms with Crippen molar-refractivity contribution in [3.05, 3.63) is 12.2 Å². The molecule has 0 amide bonds. The third-order valence-electron chi connectivity index (χ3n) is 3.49. The van der Waals surface area contributed by atoms with Gasteiger partial charge in [-0.25, -0.2) is 0 Å². The van der Waals surface area contributed by atoms with Crippen molar-refractivity contribution in [2.75, 3.05) is 0 Å². The predicted molar refractivity (Wildman–Crippen MR) is 81.0 cm³/mol. The summed E-state index contributed by atoms with van der Waals surface area (Å²) in [6, 6.07) is 0.524. The van der Waals surface area contributed by atoms with Gasteiger partial charge in [0.25, 0.3) is 0 Å². The maximum atomic E-state index is 6.10. The van der Waals surface area contributed by atoms with Crippen LogP contribution >= 0.6 is 34.2 Å². The number of halogens is 2. The highest BCUT2D eigenvalue weighted by Gasteiger charge is 2.33. The van der Waals surface area contributed by atoms with Gasteiger partial charge >= 0.3 is 0 Å². The van der Waals surface area contributed by atoms with E-state index in [0.29, 0.717) is 16.4 Å². The number of allylic oxidation sites excluding steroid dienone is 1. The van der Waals surface area contributed by atoms with Crippen molar-refractivity contribution in [1.29, 1.82) is 0 Å². The second kappa shape index (κ2) is 6.70. The minimum absolute atomic E-state index is 0.124. The summed E-state index contributed by atoms with van der Waals surface area (Å²) in [5, 5.41) is 6.66. The van der Waals surface area contributed by atoms with E-state index in [2.05, 4.69) is 57.2 Å². The Balaban J connectivity index is 2.05. The first-order valence-electron chi connectivity index (χ1n) is 6.43. The lowest BCUT2D eigenvalue weighted by Gasteiger charge is -2.45. The van der Waals surface area contributed by atoms with Gasteiger partial charge < -0.3 is 0 Å². The van der Waals surface area contributed by atoms with Crippen molar-refractivity contribution in [2.24, 2.45) is 0 Å². The number of nitrogens with one attached hydrogen (secondary N) is 2. The maximum absolute atomic E-state index is 6.10. The molecule has 1 heterocycles. The van der Waals surface area contributed by atoms with Crippen LogP contribution in [0.25, 0.3) is 0 Å². The van der Waals surface area contributed by atoms with Crippen LogP contribution < -0.4 is 10.6 Å². The van der Waals surface area contributed by atoms with Gasteiger partial charge in [0.1, 0.15) is 9.80 Å². The van der Waals surface area contributed by atoms with Crippen molar-refractivity contribution >= 4 is 34.2 Å². The van der Waals surface area contributed by atoms with Crippen LogP contribution in [-0.4, -0.2) is 26.9 Å². The van der Waals surface area contributed by atoms with Gasteiger partial charge in [0.2, 0.25) is 0 Å². The van der Waals surface area contributed by atoms with Crippen molar-refractivity contribution in [3.8, 4) is 0 Å². The van der Waals surface area contributed by atoms with E-state index in [-0.39, 0.29) is 5.62 Å². The van der Waals surface area contributed by atoms with Gasteiger partial charge in [-0.1, -0.05) is 36.6 Å². The van der Waals surface area contributed by atoms with E-state index in [1.54, 1.807) is 0 Å². The number of rotatable bonds is 1. The molecule has 0 bridgehead atoms. The molecule has 0 saturated carbocycles. The molecule has 5 heteroatoms. The monoisotopic (exact) mass is 369 g/mol. The van der Waals surface area contributed by atoms with Gasteiger partial charge in [0.05, 0.1) is 6.17 Å². The molecule has 98 valence electrons. The summed E-state index contributed by atoms with van der Waals surface area (Å²) < 4.78 is 0.292. The Labute approximate surface area is 122 Å². The van der Waals surface area contributed by atoms with Gasteiger partial charge in [-0.15, -0.1) is 0 Å². The van der Waals surface area contributed by atoms with Crippen LogP contribution in [0.15, 0.2) is 12.2 Å². The van der Waals surface area contributed by atoms with Gasteiger partial charge in [-0.2, -0.15) is 0 Å². The van der Waals surface area contributed by atoms with E-state index < -0.39 is 0 Å². The SMILES string of the molecule is CC1NC(Cl)NC(I)N1C1C=CCCCCC1. The molecule has 2 rings (SSSR count). The number of alkyl halides is 2. The fourth-order valence-corrected chi connectivity index (χ4v) is 4.36. The van der Waals surface area contributed by atoms with Crippen LogP contribution in [0, 0.1) is 0 Å². The van der Waals surface area contributed by atoms with Gasteiger partial charge in [-0.3, -0.25) is 15.5 Å². The highest BCUT2D eigenvalue weighted by atomic mass is 127. The fraction of sp³-hybridized carbons (Fsp3) is 0.833. The Morgan fingerprint density at radius 1 is 1.29 bits per heavy atom. The standard InChI is InChI=1S/C12H21ClIN3/c1-9-15-11(13)16-12(14)17(9)10-7-5-3-2-4-6-8-10/h5,7,9-12,15-16H,2-4,6,8H2,1H3. The molecule has 3 nitrogen and oxygen atoms in total. The minimum atomic E-state index is -0.124. The molecule has 2 aliphatic rings. The first-order chi connectivity index (χ1) is 8.18. The summed E-state index contributed by atoms with van der Waals surface area (Å²) in [6.07, 6.45) is 11.5.